The zero-order chi connectivity index (χ0) is 13.4. The molecule has 0 bridgehead atoms. The van der Waals surface area contributed by atoms with Gasteiger partial charge in [-0.05, 0) is 31.4 Å². The topological polar surface area (TPSA) is 81.2 Å². The molecule has 3 rings (SSSR count). The number of rotatable bonds is 2. The number of hydrogen-bond acceptors (Lipinski definition) is 4. The number of aromatic nitrogens is 1. The van der Waals surface area contributed by atoms with Gasteiger partial charge in [-0.25, -0.2) is 4.98 Å². The number of benzene rings is 1. The predicted molar refractivity (Wildman–Crippen MR) is 72.7 cm³/mol. The van der Waals surface area contributed by atoms with Crippen LogP contribution in [0.1, 0.15) is 25.2 Å². The van der Waals surface area contributed by atoms with Gasteiger partial charge in [0.15, 0.2) is 11.5 Å². The van der Waals surface area contributed by atoms with Gasteiger partial charge in [0.05, 0.1) is 0 Å². The lowest BCUT2D eigenvalue weighted by atomic mass is 10.1. The molecular weight excluding hydrogens is 242 g/mol. The molecule has 0 radical (unpaired) electrons. The van der Waals surface area contributed by atoms with Crippen LogP contribution >= 0.6 is 0 Å². The number of oxazole rings is 1. The van der Waals surface area contributed by atoms with E-state index >= 15 is 0 Å². The summed E-state index contributed by atoms with van der Waals surface area (Å²) in [5, 5.41) is 2.92. The third-order valence-electron chi connectivity index (χ3n) is 3.61. The van der Waals surface area contributed by atoms with Crippen molar-refractivity contribution in [3.8, 4) is 0 Å². The Morgan fingerprint density at radius 2 is 2.32 bits per heavy atom. The monoisotopic (exact) mass is 259 g/mol. The van der Waals surface area contributed by atoms with E-state index in [0.29, 0.717) is 11.5 Å². The Labute approximate surface area is 111 Å². The Bertz CT molecular complexity index is 620. The molecule has 1 aromatic carbocycles. The maximum atomic E-state index is 12.1. The van der Waals surface area contributed by atoms with Crippen molar-refractivity contribution in [1.29, 1.82) is 0 Å². The van der Waals surface area contributed by atoms with E-state index in [9.17, 15) is 4.79 Å². The summed E-state index contributed by atoms with van der Waals surface area (Å²) < 4.78 is 5.45. The minimum atomic E-state index is 0.0298. The molecule has 0 spiro atoms. The standard InChI is InChI=1S/C14H17N3O2/c1-8-16-12-5-4-11(7-13(12)19-8)17-14(18)9-2-3-10(15)6-9/h4-5,7,9-10H,2-3,6,15H2,1H3,(H,17,18). The first kappa shape index (κ1) is 12.2. The molecular formula is C14H17N3O2. The van der Waals surface area contributed by atoms with Crippen LogP contribution in [0, 0.1) is 12.8 Å². The van der Waals surface area contributed by atoms with Crippen molar-refractivity contribution in [3.05, 3.63) is 24.1 Å². The highest BCUT2D eigenvalue weighted by Gasteiger charge is 2.27. The molecule has 1 amide bonds. The highest BCUT2D eigenvalue weighted by atomic mass is 16.3. The fraction of sp³-hybridized carbons (Fsp3) is 0.429. The molecule has 1 aliphatic carbocycles. The number of hydrogen-bond donors (Lipinski definition) is 2. The molecule has 1 aromatic heterocycles. The molecule has 1 saturated carbocycles. The maximum absolute atomic E-state index is 12.1. The Kier molecular flexibility index (Phi) is 2.98. The summed E-state index contributed by atoms with van der Waals surface area (Å²) in [5.41, 5.74) is 8.07. The Morgan fingerprint density at radius 1 is 1.47 bits per heavy atom. The minimum absolute atomic E-state index is 0.0298. The van der Waals surface area contributed by atoms with Gasteiger partial charge in [-0.3, -0.25) is 4.79 Å². The van der Waals surface area contributed by atoms with Crippen molar-refractivity contribution in [1.82, 2.24) is 4.98 Å². The van der Waals surface area contributed by atoms with Crippen molar-refractivity contribution in [2.75, 3.05) is 5.32 Å². The van der Waals surface area contributed by atoms with E-state index in [-0.39, 0.29) is 17.9 Å². The Hall–Kier alpha value is -1.88. The van der Waals surface area contributed by atoms with Gasteiger partial charge in [0.25, 0.3) is 0 Å². The number of nitrogens with two attached hydrogens (primary N) is 1. The normalized spacial score (nSPS) is 22.8. The lowest BCUT2D eigenvalue weighted by molar-refractivity contribution is -0.119. The van der Waals surface area contributed by atoms with Crippen molar-refractivity contribution in [2.45, 2.75) is 32.2 Å². The Morgan fingerprint density at radius 3 is 3.05 bits per heavy atom. The maximum Gasteiger partial charge on any atom is 0.227 e. The van der Waals surface area contributed by atoms with Crippen molar-refractivity contribution >= 4 is 22.7 Å². The van der Waals surface area contributed by atoms with Crippen LogP contribution in [0.15, 0.2) is 22.6 Å². The summed E-state index contributed by atoms with van der Waals surface area (Å²) >= 11 is 0. The third kappa shape index (κ3) is 2.46. The van der Waals surface area contributed by atoms with Gasteiger partial charge in [-0.1, -0.05) is 0 Å². The summed E-state index contributed by atoms with van der Waals surface area (Å²) in [7, 11) is 0. The highest BCUT2D eigenvalue weighted by molar-refractivity contribution is 5.94. The minimum Gasteiger partial charge on any atom is -0.441 e. The van der Waals surface area contributed by atoms with Crippen molar-refractivity contribution < 1.29 is 9.21 Å². The lowest BCUT2D eigenvalue weighted by Crippen LogP contribution is -2.23. The molecule has 2 atom stereocenters. The van der Waals surface area contributed by atoms with Crippen LogP contribution < -0.4 is 11.1 Å². The fourth-order valence-corrected chi connectivity index (χ4v) is 2.62. The van der Waals surface area contributed by atoms with E-state index in [1.165, 1.54) is 0 Å². The summed E-state index contributed by atoms with van der Waals surface area (Å²) in [5.74, 6) is 0.700. The van der Waals surface area contributed by atoms with Crippen LogP contribution in [-0.4, -0.2) is 16.9 Å². The second-order valence-electron chi connectivity index (χ2n) is 5.17. The second kappa shape index (κ2) is 4.66. The van der Waals surface area contributed by atoms with Gasteiger partial charge in [-0.2, -0.15) is 0 Å². The molecule has 0 saturated heterocycles. The van der Waals surface area contributed by atoms with Crippen LogP contribution in [0.2, 0.25) is 0 Å². The molecule has 5 nitrogen and oxygen atoms in total. The quantitative estimate of drug-likeness (QED) is 0.866. The van der Waals surface area contributed by atoms with E-state index in [4.69, 9.17) is 10.2 Å². The number of amides is 1. The smallest absolute Gasteiger partial charge is 0.227 e. The second-order valence-corrected chi connectivity index (χ2v) is 5.17. The summed E-state index contributed by atoms with van der Waals surface area (Å²) in [6.07, 6.45) is 2.57. The van der Waals surface area contributed by atoms with Crippen LogP contribution in [0.3, 0.4) is 0 Å². The summed E-state index contributed by atoms with van der Waals surface area (Å²) in [4.78, 5) is 16.3. The number of fused-ring (bicyclic) bond motifs is 1. The molecule has 3 N–H and O–H groups in total. The largest absolute Gasteiger partial charge is 0.441 e. The predicted octanol–water partition coefficient (Wildman–Crippen LogP) is 2.20. The number of nitrogens with zero attached hydrogens (tertiary/aromatic N) is 1. The SMILES string of the molecule is Cc1nc2ccc(NC(=O)C3CCC(N)C3)cc2o1. The fourth-order valence-electron chi connectivity index (χ4n) is 2.62. The average Bonchev–Trinajstić information content (AvgIpc) is 2.93. The van der Waals surface area contributed by atoms with Gasteiger partial charge in [0.2, 0.25) is 5.91 Å². The molecule has 100 valence electrons. The van der Waals surface area contributed by atoms with Gasteiger partial charge in [0, 0.05) is 30.6 Å². The molecule has 2 unspecified atom stereocenters. The zero-order valence-corrected chi connectivity index (χ0v) is 10.8. The van der Waals surface area contributed by atoms with E-state index in [1.807, 2.05) is 18.2 Å². The number of nitrogens with one attached hydrogen (secondary N) is 1. The first-order valence-electron chi connectivity index (χ1n) is 6.55. The van der Waals surface area contributed by atoms with Crippen LogP contribution in [-0.2, 0) is 4.79 Å². The molecule has 1 fully saturated rings. The molecule has 2 aromatic rings. The average molecular weight is 259 g/mol. The van der Waals surface area contributed by atoms with E-state index in [0.717, 1.165) is 30.5 Å². The molecule has 5 heteroatoms. The van der Waals surface area contributed by atoms with Gasteiger partial charge in [0.1, 0.15) is 5.52 Å². The van der Waals surface area contributed by atoms with Crippen LogP contribution in [0.5, 0.6) is 0 Å². The molecule has 1 heterocycles. The Balaban J connectivity index is 1.75. The number of aryl methyl sites for hydroxylation is 1. The van der Waals surface area contributed by atoms with Gasteiger partial charge >= 0.3 is 0 Å². The first-order chi connectivity index (χ1) is 9.11. The van der Waals surface area contributed by atoms with E-state index in [2.05, 4.69) is 10.3 Å². The van der Waals surface area contributed by atoms with Crippen LogP contribution in [0.25, 0.3) is 11.1 Å². The lowest BCUT2D eigenvalue weighted by Gasteiger charge is -2.10. The molecule has 19 heavy (non-hydrogen) atoms. The number of carbonyl (C=O) groups is 1. The number of carbonyl (C=O) groups excluding carboxylic acids is 1. The van der Waals surface area contributed by atoms with Gasteiger partial charge in [-0.15, -0.1) is 0 Å². The van der Waals surface area contributed by atoms with E-state index in [1.54, 1.807) is 6.92 Å². The zero-order valence-electron chi connectivity index (χ0n) is 10.8. The highest BCUT2D eigenvalue weighted by Crippen LogP contribution is 2.26. The molecule has 0 aliphatic heterocycles. The van der Waals surface area contributed by atoms with Crippen molar-refractivity contribution in [3.63, 3.8) is 0 Å². The van der Waals surface area contributed by atoms with Gasteiger partial charge < -0.3 is 15.5 Å². The summed E-state index contributed by atoms with van der Waals surface area (Å²) in [6, 6.07) is 5.66. The first-order valence-corrected chi connectivity index (χ1v) is 6.55. The van der Waals surface area contributed by atoms with Crippen LogP contribution in [0.4, 0.5) is 5.69 Å². The summed E-state index contributed by atoms with van der Waals surface area (Å²) in [6.45, 7) is 1.80. The molecule has 1 aliphatic rings. The third-order valence-corrected chi connectivity index (χ3v) is 3.61. The number of anilines is 1. The van der Waals surface area contributed by atoms with Crippen molar-refractivity contribution in [2.24, 2.45) is 11.7 Å². The van der Waals surface area contributed by atoms with E-state index < -0.39 is 0 Å².